The summed E-state index contributed by atoms with van der Waals surface area (Å²) in [7, 11) is 0. The molecule has 2 aromatic heterocycles. The van der Waals surface area contributed by atoms with Gasteiger partial charge in [0.25, 0.3) is 0 Å². The van der Waals surface area contributed by atoms with Crippen molar-refractivity contribution in [2.24, 2.45) is 0 Å². The van der Waals surface area contributed by atoms with Gasteiger partial charge in [-0.2, -0.15) is 5.10 Å². The third kappa shape index (κ3) is 3.63. The number of rotatable bonds is 4. The number of nitrogens with zero attached hydrogens (tertiary/aromatic N) is 4. The lowest BCUT2D eigenvalue weighted by molar-refractivity contribution is -0.117. The Labute approximate surface area is 122 Å². The van der Waals surface area contributed by atoms with Crippen LogP contribution in [0.15, 0.2) is 35.2 Å². The van der Waals surface area contributed by atoms with Gasteiger partial charge in [0.1, 0.15) is 6.26 Å². The summed E-state index contributed by atoms with van der Waals surface area (Å²) in [5, 5.41) is 10.3. The molecule has 3 heterocycles. The molecule has 0 radical (unpaired) electrons. The summed E-state index contributed by atoms with van der Waals surface area (Å²) in [5.41, 5.74) is 0. The van der Waals surface area contributed by atoms with Crippen molar-refractivity contribution in [3.8, 4) is 0 Å². The van der Waals surface area contributed by atoms with Crippen LogP contribution in [-0.2, 0) is 4.79 Å². The lowest BCUT2D eigenvalue weighted by atomic mass is 9.97. The molecule has 0 atom stereocenters. The molecule has 0 aliphatic carbocycles. The summed E-state index contributed by atoms with van der Waals surface area (Å²) < 4.78 is 5.34. The topological polar surface area (TPSA) is 84.2 Å². The average Bonchev–Trinajstić information content (AvgIpc) is 3.03. The molecule has 1 N–H and O–H groups in total. The van der Waals surface area contributed by atoms with Gasteiger partial charge in [0.15, 0.2) is 11.7 Å². The van der Waals surface area contributed by atoms with Crippen LogP contribution in [0.3, 0.4) is 0 Å². The fourth-order valence-electron chi connectivity index (χ4n) is 2.53. The molecule has 7 heteroatoms. The highest BCUT2D eigenvalue weighted by Gasteiger charge is 2.24. The molecule has 1 aliphatic rings. The van der Waals surface area contributed by atoms with Crippen LogP contribution in [0.2, 0.25) is 0 Å². The molecule has 7 nitrogen and oxygen atoms in total. The van der Waals surface area contributed by atoms with Crippen molar-refractivity contribution < 1.29 is 9.21 Å². The van der Waals surface area contributed by atoms with E-state index >= 15 is 0 Å². The van der Waals surface area contributed by atoms with E-state index in [1.807, 2.05) is 0 Å². The van der Waals surface area contributed by atoms with Crippen molar-refractivity contribution in [3.63, 3.8) is 0 Å². The predicted octanol–water partition coefficient (Wildman–Crippen LogP) is 1.28. The van der Waals surface area contributed by atoms with Gasteiger partial charge >= 0.3 is 0 Å². The normalized spacial score (nSPS) is 16.8. The maximum Gasteiger partial charge on any atom is 0.239 e. The second-order valence-electron chi connectivity index (χ2n) is 5.08. The molecule has 0 unspecified atom stereocenters. The Balaban J connectivity index is 1.46. The standard InChI is InChI=1S/C14H17N5O2/c20-13(17-12-2-1-5-16-18-12)10-19-7-3-11(4-8-19)14-15-6-9-21-14/h1-2,5-6,9,11H,3-4,7-8,10H2,(H,17,18,20). The summed E-state index contributed by atoms with van der Waals surface area (Å²) in [4.78, 5) is 18.3. The summed E-state index contributed by atoms with van der Waals surface area (Å²) >= 11 is 0. The molecular formula is C14H17N5O2. The summed E-state index contributed by atoms with van der Waals surface area (Å²) in [6, 6.07) is 3.46. The van der Waals surface area contributed by atoms with E-state index in [0.717, 1.165) is 31.8 Å². The number of aromatic nitrogens is 3. The van der Waals surface area contributed by atoms with E-state index in [1.54, 1.807) is 30.8 Å². The van der Waals surface area contributed by atoms with Crippen molar-refractivity contribution in [1.82, 2.24) is 20.1 Å². The Hall–Kier alpha value is -2.28. The smallest absolute Gasteiger partial charge is 0.239 e. The average molecular weight is 287 g/mol. The molecule has 21 heavy (non-hydrogen) atoms. The van der Waals surface area contributed by atoms with Gasteiger partial charge in [0.05, 0.1) is 12.7 Å². The van der Waals surface area contributed by atoms with E-state index < -0.39 is 0 Å². The lowest BCUT2D eigenvalue weighted by Gasteiger charge is -2.29. The third-order valence-electron chi connectivity index (χ3n) is 3.60. The van der Waals surface area contributed by atoms with Crippen molar-refractivity contribution in [2.75, 3.05) is 25.0 Å². The minimum absolute atomic E-state index is 0.0647. The molecule has 3 rings (SSSR count). The van der Waals surface area contributed by atoms with Crippen molar-refractivity contribution in [1.29, 1.82) is 0 Å². The van der Waals surface area contributed by atoms with Crippen molar-refractivity contribution in [2.45, 2.75) is 18.8 Å². The Morgan fingerprint density at radius 1 is 1.38 bits per heavy atom. The second-order valence-corrected chi connectivity index (χ2v) is 5.08. The van der Waals surface area contributed by atoms with Crippen LogP contribution < -0.4 is 5.32 Å². The SMILES string of the molecule is O=C(CN1CCC(c2ncco2)CC1)Nc1cccnn1. The number of carbonyl (C=O) groups is 1. The monoisotopic (exact) mass is 287 g/mol. The summed E-state index contributed by atoms with van der Waals surface area (Å²) in [6.07, 6.45) is 6.77. The van der Waals surface area contributed by atoms with Gasteiger partial charge in [0.2, 0.25) is 5.91 Å². The van der Waals surface area contributed by atoms with E-state index in [-0.39, 0.29) is 5.91 Å². The first-order chi connectivity index (χ1) is 10.3. The second kappa shape index (κ2) is 6.45. The summed E-state index contributed by atoms with van der Waals surface area (Å²) in [5.74, 6) is 1.58. The number of hydrogen-bond donors (Lipinski definition) is 1. The minimum Gasteiger partial charge on any atom is -0.449 e. The maximum atomic E-state index is 11.9. The van der Waals surface area contributed by atoms with Crippen LogP contribution in [0.1, 0.15) is 24.7 Å². The number of hydrogen-bond acceptors (Lipinski definition) is 6. The van der Waals surface area contributed by atoms with Gasteiger partial charge in [-0.3, -0.25) is 9.69 Å². The zero-order chi connectivity index (χ0) is 14.5. The Kier molecular flexibility index (Phi) is 4.20. The number of piperidine rings is 1. The first-order valence-electron chi connectivity index (χ1n) is 7.00. The summed E-state index contributed by atoms with van der Waals surface area (Å²) in [6.45, 7) is 2.09. The van der Waals surface area contributed by atoms with Gasteiger partial charge in [-0.15, -0.1) is 5.10 Å². The van der Waals surface area contributed by atoms with Crippen LogP contribution in [0.5, 0.6) is 0 Å². The van der Waals surface area contributed by atoms with Gasteiger partial charge in [0, 0.05) is 12.1 Å². The van der Waals surface area contributed by atoms with Crippen LogP contribution in [0.4, 0.5) is 5.82 Å². The number of amides is 1. The van der Waals surface area contributed by atoms with Crippen molar-refractivity contribution >= 4 is 11.7 Å². The highest BCUT2D eigenvalue weighted by Crippen LogP contribution is 2.26. The fraction of sp³-hybridized carbons (Fsp3) is 0.429. The van der Waals surface area contributed by atoms with E-state index in [9.17, 15) is 4.79 Å². The third-order valence-corrected chi connectivity index (χ3v) is 3.60. The Morgan fingerprint density at radius 3 is 2.90 bits per heavy atom. The highest BCUT2D eigenvalue weighted by molar-refractivity contribution is 5.91. The first-order valence-corrected chi connectivity index (χ1v) is 7.00. The van der Waals surface area contributed by atoms with E-state index in [2.05, 4.69) is 25.4 Å². The fourth-order valence-corrected chi connectivity index (χ4v) is 2.53. The molecule has 1 aliphatic heterocycles. The molecular weight excluding hydrogens is 270 g/mol. The lowest BCUT2D eigenvalue weighted by Crippen LogP contribution is -2.38. The van der Waals surface area contributed by atoms with Crippen LogP contribution in [0.25, 0.3) is 0 Å². The van der Waals surface area contributed by atoms with E-state index in [0.29, 0.717) is 18.3 Å². The highest BCUT2D eigenvalue weighted by atomic mass is 16.3. The number of anilines is 1. The number of likely N-dealkylation sites (tertiary alicyclic amines) is 1. The molecule has 0 aromatic carbocycles. The molecule has 1 amide bonds. The first kappa shape index (κ1) is 13.7. The predicted molar refractivity (Wildman–Crippen MR) is 75.6 cm³/mol. The van der Waals surface area contributed by atoms with Gasteiger partial charge in [-0.05, 0) is 38.1 Å². The molecule has 0 saturated carbocycles. The van der Waals surface area contributed by atoms with Crippen LogP contribution in [0, 0.1) is 0 Å². The molecule has 0 bridgehead atoms. The van der Waals surface area contributed by atoms with Gasteiger partial charge in [-0.25, -0.2) is 4.98 Å². The number of carbonyl (C=O) groups excluding carboxylic acids is 1. The molecule has 0 spiro atoms. The van der Waals surface area contributed by atoms with Crippen LogP contribution >= 0.6 is 0 Å². The van der Waals surface area contributed by atoms with Gasteiger partial charge < -0.3 is 9.73 Å². The zero-order valence-electron chi connectivity index (χ0n) is 11.6. The zero-order valence-corrected chi connectivity index (χ0v) is 11.6. The molecule has 110 valence electrons. The Bertz CT molecular complexity index is 564. The number of oxazole rings is 1. The van der Waals surface area contributed by atoms with E-state index in [4.69, 9.17) is 4.42 Å². The number of nitrogens with one attached hydrogen (secondary N) is 1. The molecule has 2 aromatic rings. The largest absolute Gasteiger partial charge is 0.449 e. The Morgan fingerprint density at radius 2 is 2.24 bits per heavy atom. The van der Waals surface area contributed by atoms with E-state index in [1.165, 1.54) is 0 Å². The maximum absolute atomic E-state index is 11.9. The van der Waals surface area contributed by atoms with Gasteiger partial charge in [-0.1, -0.05) is 0 Å². The van der Waals surface area contributed by atoms with Crippen molar-refractivity contribution in [3.05, 3.63) is 36.7 Å². The minimum atomic E-state index is -0.0647. The molecule has 1 saturated heterocycles. The quantitative estimate of drug-likeness (QED) is 0.912. The molecule has 1 fully saturated rings. The van der Waals surface area contributed by atoms with Crippen LogP contribution in [-0.4, -0.2) is 45.6 Å².